The van der Waals surface area contributed by atoms with Gasteiger partial charge in [0.2, 0.25) is 23.4 Å². The van der Waals surface area contributed by atoms with Crippen molar-refractivity contribution in [3.63, 3.8) is 0 Å². The summed E-state index contributed by atoms with van der Waals surface area (Å²) in [6, 6.07) is 0. The largest absolute Gasteiger partial charge is 0.388 e. The zero-order valence-corrected chi connectivity index (χ0v) is 85.4. The summed E-state index contributed by atoms with van der Waals surface area (Å²) in [5.74, 6) is 2.84. The van der Waals surface area contributed by atoms with Gasteiger partial charge in [0.05, 0.1) is 0 Å². The van der Waals surface area contributed by atoms with Crippen LogP contribution in [-0.2, 0) is 19.1 Å². The first-order valence-corrected chi connectivity index (χ1v) is 51.7. The quantitative estimate of drug-likeness (QED) is 0.0285. The van der Waals surface area contributed by atoms with Gasteiger partial charge in [0.15, 0.2) is 85.6 Å². The smallest absolute Gasteiger partial charge is 0.222 e. The molecule has 2 aliphatic carbocycles. The second-order valence-electron chi connectivity index (χ2n) is 32.5. The molecule has 5 aliphatic rings. The van der Waals surface area contributed by atoms with Crippen LogP contribution in [0.4, 0.5) is 0 Å². The van der Waals surface area contributed by atoms with E-state index in [-0.39, 0.29) is 82.9 Å². The molecule has 12 heterocycles. The molecule has 0 bridgehead atoms. The van der Waals surface area contributed by atoms with Crippen LogP contribution >= 0.6 is 114 Å². The van der Waals surface area contributed by atoms with Crippen LogP contribution in [0, 0.1) is 80.1 Å². The maximum absolute atomic E-state index is 11.9. The topological polar surface area (TPSA) is 352 Å². The van der Waals surface area contributed by atoms with E-state index >= 15 is 0 Å². The molecular formula is C93H131ClN12O14S9. The van der Waals surface area contributed by atoms with Crippen molar-refractivity contribution in [1.29, 1.82) is 0 Å². The molecule has 3 saturated heterocycles. The molecule has 2 saturated carbocycles. The number of ether oxygens (including phenoxy) is 2. The van der Waals surface area contributed by atoms with Gasteiger partial charge in [-0.05, 0) is 190 Å². The van der Waals surface area contributed by atoms with Gasteiger partial charge in [-0.15, -0.1) is 114 Å². The van der Waals surface area contributed by atoms with E-state index in [0.29, 0.717) is 140 Å². The number of aliphatic hydroxyl groups excluding tert-OH is 1. The molecule has 3 aliphatic heterocycles. The van der Waals surface area contributed by atoms with E-state index in [4.69, 9.17) is 9.84 Å². The molecule has 0 aromatic carbocycles. The minimum Gasteiger partial charge on any atom is -0.388 e. The Hall–Kier alpha value is -7.23. The van der Waals surface area contributed by atoms with Crippen molar-refractivity contribution in [2.45, 2.75) is 262 Å². The first-order valence-electron chi connectivity index (χ1n) is 44.4. The zero-order valence-electron chi connectivity index (χ0n) is 77.2. The van der Waals surface area contributed by atoms with Crippen LogP contribution < -0.4 is 0 Å². The average Bonchev–Trinajstić information content (AvgIpc) is 1.69. The summed E-state index contributed by atoms with van der Waals surface area (Å²) < 4.78 is 9.55. The molecule has 9 aromatic rings. The van der Waals surface area contributed by atoms with Crippen molar-refractivity contribution >= 4 is 178 Å². The lowest BCUT2D eigenvalue weighted by Gasteiger charge is -2.26. The highest BCUT2D eigenvalue weighted by atomic mass is 35.5. The van der Waals surface area contributed by atoms with Crippen molar-refractivity contribution < 1.29 is 67.3 Å². The van der Waals surface area contributed by atoms with Crippen molar-refractivity contribution in [2.75, 3.05) is 79.9 Å². The molecule has 708 valence electrons. The zero-order chi connectivity index (χ0) is 93.3. The summed E-state index contributed by atoms with van der Waals surface area (Å²) in [7, 11) is 3.14. The molecule has 26 nitrogen and oxygen atoms in total. The average molecular weight is 1970 g/mol. The molecule has 5 fully saturated rings. The van der Waals surface area contributed by atoms with Crippen LogP contribution in [-0.4, -0.2) is 208 Å². The maximum Gasteiger partial charge on any atom is 0.222 e. The predicted molar refractivity (Wildman–Crippen MR) is 524 cm³/mol. The highest BCUT2D eigenvalue weighted by Gasteiger charge is 2.26. The Morgan fingerprint density at radius 2 is 0.612 bits per heavy atom. The van der Waals surface area contributed by atoms with E-state index in [2.05, 4.69) is 54.5 Å². The fraction of sp³-hybridized carbons (Fsp3) is 0.591. The Kier molecular flexibility index (Phi) is 54.9. The number of carbonyl (C=O) groups is 11. The predicted octanol–water partition coefficient (Wildman–Crippen LogP) is 21.6. The normalized spacial score (nSPS) is 14.0. The van der Waals surface area contributed by atoms with Crippen LogP contribution in [0.5, 0.6) is 0 Å². The molecule has 0 radical (unpaired) electrons. The van der Waals surface area contributed by atoms with Gasteiger partial charge in [0, 0.05) is 204 Å². The van der Waals surface area contributed by atoms with Gasteiger partial charge in [0.25, 0.3) is 0 Å². The van der Waals surface area contributed by atoms with Crippen LogP contribution in [0.3, 0.4) is 0 Å². The molecule has 36 heteroatoms. The highest BCUT2D eigenvalue weighted by molar-refractivity contribution is 7.16. The van der Waals surface area contributed by atoms with Gasteiger partial charge in [0.1, 0.15) is 13.2 Å². The third kappa shape index (κ3) is 44.9. The monoisotopic (exact) mass is 1960 g/mol. The lowest BCUT2D eigenvalue weighted by atomic mass is 9.82. The highest BCUT2D eigenvalue weighted by Crippen LogP contribution is 2.32. The number of ketones is 9. The SMILES string of the molecule is COCC(=O)c1ncc(C)s1.COCCCC(=O)c1ncc(C)s1.Cc1cnc(C(=O)CC(C)C)s1.Cc1cnc(C(=O)CC2CCC2)s1.Cc1cnc(C(=O)CC2CCCC2)s1.Cc1cnc(C(=O)CCCC(=O)N2CCCC2)s1.Cc1cnc(C(=O)CCCC(=O)N2CCCCC2)s1.Cc1cnc(C(=O)CCCCN2CCCCC2)s1.Cc1cnc(C(=O)CO)s1.Cl. The van der Waals surface area contributed by atoms with E-state index in [9.17, 15) is 52.7 Å². The number of halogens is 1. The van der Waals surface area contributed by atoms with E-state index < -0.39 is 6.61 Å². The van der Waals surface area contributed by atoms with Gasteiger partial charge >= 0.3 is 0 Å². The fourth-order valence-electron chi connectivity index (χ4n) is 13.5. The number of unbranched alkanes of at least 4 members (excludes halogenated alkanes) is 1. The summed E-state index contributed by atoms with van der Waals surface area (Å²) in [6.07, 6.45) is 43.3. The van der Waals surface area contributed by atoms with Gasteiger partial charge < -0.3 is 29.3 Å². The number of aryl methyl sites for hydroxylation is 9. The number of nitrogens with zero attached hydrogens (tertiary/aromatic N) is 12. The minimum atomic E-state index is -0.451. The summed E-state index contributed by atoms with van der Waals surface area (Å²) in [5.41, 5.74) is 0. The molecule has 2 amide bonds. The number of rotatable bonds is 35. The van der Waals surface area contributed by atoms with Crippen molar-refractivity contribution in [3.8, 4) is 0 Å². The van der Waals surface area contributed by atoms with Gasteiger partial charge in [-0.25, -0.2) is 44.9 Å². The molecule has 9 aromatic heterocycles. The Morgan fingerprint density at radius 1 is 0.333 bits per heavy atom. The lowest BCUT2D eigenvalue weighted by molar-refractivity contribution is -0.132. The van der Waals surface area contributed by atoms with Crippen molar-refractivity contribution in [2.24, 2.45) is 17.8 Å². The number of hydrogen-bond acceptors (Lipinski definition) is 33. The Morgan fingerprint density at radius 3 is 0.899 bits per heavy atom. The number of methoxy groups -OCH3 is 2. The number of Topliss-reactive ketones (excluding diaryl/α,β-unsaturated/α-hetero) is 9. The van der Waals surface area contributed by atoms with Gasteiger partial charge in [-0.2, -0.15) is 0 Å². The molecule has 0 atom stereocenters. The third-order valence-electron chi connectivity index (χ3n) is 20.5. The second-order valence-corrected chi connectivity index (χ2v) is 43.6. The summed E-state index contributed by atoms with van der Waals surface area (Å²) in [4.78, 5) is 179. The Balaban J connectivity index is 0.000000259. The number of likely N-dealkylation sites (tertiary alicyclic amines) is 3. The summed E-state index contributed by atoms with van der Waals surface area (Å²) >= 11 is 13.0. The molecule has 129 heavy (non-hydrogen) atoms. The Labute approximate surface area is 803 Å². The first kappa shape index (κ1) is 112. The van der Waals surface area contributed by atoms with Gasteiger partial charge in [-0.3, -0.25) is 52.7 Å². The van der Waals surface area contributed by atoms with Crippen molar-refractivity contribution in [3.05, 3.63) is 145 Å². The second kappa shape index (κ2) is 63.0. The molecule has 14 rings (SSSR count). The van der Waals surface area contributed by atoms with Gasteiger partial charge in [-0.1, -0.05) is 52.4 Å². The summed E-state index contributed by atoms with van der Waals surface area (Å²) in [5, 5.41) is 13.8. The molecule has 1 N–H and O–H groups in total. The number of aliphatic hydroxyl groups is 1. The van der Waals surface area contributed by atoms with Crippen LogP contribution in [0.25, 0.3) is 0 Å². The standard InChI is InChI=1S/C14H20N2O2S.C14H22N2OS.C13H18N2O2S.C11H15NOS.C10H13NOS.C9H13NO2S.C9H13NOS.C7H9NO2S.C6H7NO2S.ClH/c1-11-10-15-14(19-11)12(17)6-5-7-13(18)16-8-3-2-4-9-16;1-12-11-15-14(18-12)13(17)7-3-6-10-16-8-4-2-5-9-16;1-10-9-14-13(18-10)11(16)5-4-6-12(17)15-7-2-3-8-15;1-8-7-12-11(14-8)10(13)6-9-4-2-3-5-9;1-7-6-11-10(13-7)9(12)5-8-3-2-4-8;1-7-6-10-9(13-7)8(11)4-3-5-12-2;1-6(2)4-8(11)9-10-5-7(3)12-9;1-5-3-8-7(11-5)6(9)4-10-2;1-4-2-7-6(10-4)5(9)3-8;/h10H,2-9H2,1H3;11H,2-10H2,1H3;9H,2-8H2,1H3;7,9H,2-6H2,1H3;6,8H,2-5H2,1H3;6H,3-5H2,1-2H3;5-6H,4H2,1-3H3;3H,4H2,1-2H3;2,8H,3H2,1H3;1H. The van der Waals surface area contributed by atoms with Crippen LogP contribution in [0.2, 0.25) is 0 Å². The maximum atomic E-state index is 11.9. The first-order chi connectivity index (χ1) is 61.4. The number of piperidine rings is 2. The fourth-order valence-corrected chi connectivity index (χ4v) is 20.0. The minimum absolute atomic E-state index is 0. The van der Waals surface area contributed by atoms with Crippen molar-refractivity contribution in [1.82, 2.24) is 59.6 Å². The number of carbonyl (C=O) groups excluding carboxylic acids is 11. The van der Waals surface area contributed by atoms with E-state index in [0.717, 1.165) is 122 Å². The van der Waals surface area contributed by atoms with E-state index in [1.54, 1.807) is 62.9 Å². The summed E-state index contributed by atoms with van der Waals surface area (Å²) in [6.45, 7) is 29.1. The molecule has 0 spiro atoms. The number of hydrogen-bond donors (Lipinski definition) is 1. The molecule has 0 unspecified atom stereocenters. The third-order valence-corrected chi connectivity index (χ3v) is 29.1. The number of aromatic nitrogens is 9. The van der Waals surface area contributed by atoms with Crippen LogP contribution in [0.15, 0.2) is 55.8 Å². The molecular weight excluding hydrogens is 1830 g/mol. The van der Waals surface area contributed by atoms with E-state index in [1.165, 1.54) is 193 Å². The lowest BCUT2D eigenvalue weighted by Crippen LogP contribution is -2.35. The van der Waals surface area contributed by atoms with Crippen LogP contribution in [0.1, 0.15) is 332 Å². The number of thiazole rings is 9. The Bertz CT molecular complexity index is 4850. The van der Waals surface area contributed by atoms with E-state index in [1.807, 2.05) is 86.0 Å². The number of amides is 2.